The minimum Gasteiger partial charge on any atom is -0.493 e. The van der Waals surface area contributed by atoms with Gasteiger partial charge in [0, 0.05) is 28.7 Å². The van der Waals surface area contributed by atoms with E-state index in [1.165, 1.54) is 19.5 Å². The van der Waals surface area contributed by atoms with E-state index in [2.05, 4.69) is 4.98 Å². The maximum absolute atomic E-state index is 13.6. The Morgan fingerprint density at radius 1 is 1.18 bits per heavy atom. The van der Waals surface area contributed by atoms with Crippen LogP contribution in [0.1, 0.15) is 33.6 Å². The molecule has 1 aliphatic carbocycles. The third-order valence-corrected chi connectivity index (χ3v) is 6.22. The highest BCUT2D eigenvalue weighted by Gasteiger charge is 2.29. The van der Waals surface area contributed by atoms with E-state index in [0.717, 1.165) is 17.9 Å². The number of rotatable bonds is 7. The van der Waals surface area contributed by atoms with Crippen molar-refractivity contribution in [3.05, 3.63) is 63.9 Å². The number of pyridine rings is 1. The molecule has 0 unspecified atom stereocenters. The van der Waals surface area contributed by atoms with Gasteiger partial charge in [0.2, 0.25) is 5.91 Å². The number of methoxy groups -OCH3 is 1. The van der Waals surface area contributed by atoms with Crippen LogP contribution in [0.2, 0.25) is 10.0 Å². The van der Waals surface area contributed by atoms with E-state index in [0.29, 0.717) is 40.2 Å². The monoisotopic (exact) mass is 499 g/mol. The van der Waals surface area contributed by atoms with Crippen molar-refractivity contribution < 1.29 is 23.6 Å². The van der Waals surface area contributed by atoms with Crippen molar-refractivity contribution in [2.75, 3.05) is 18.8 Å². The number of aromatic nitrogens is 1. The molecule has 2 amide bonds. The number of anilines is 1. The lowest BCUT2D eigenvalue weighted by Crippen LogP contribution is -2.32. The first-order valence-corrected chi connectivity index (χ1v) is 11.2. The number of benzene rings is 2. The van der Waals surface area contributed by atoms with Crippen molar-refractivity contribution in [3.63, 3.8) is 0 Å². The molecule has 2 aromatic heterocycles. The predicted octanol–water partition coefficient (Wildman–Crippen LogP) is 5.38. The molecule has 1 aliphatic rings. The quantitative estimate of drug-likeness (QED) is 0.341. The van der Waals surface area contributed by atoms with Crippen LogP contribution in [-0.4, -0.2) is 30.5 Å². The molecule has 0 atom stereocenters. The van der Waals surface area contributed by atoms with E-state index in [1.54, 1.807) is 30.3 Å². The minimum atomic E-state index is -0.628. The van der Waals surface area contributed by atoms with Crippen LogP contribution in [0.15, 0.2) is 47.1 Å². The number of primary amides is 1. The lowest BCUT2D eigenvalue weighted by Gasteiger charge is -2.23. The average molecular weight is 500 g/mol. The molecule has 174 valence electrons. The standard InChI is InChI=1S/C24H19Cl2N3O5/c1-32-19-7-5-14(23(27)30)20-15-8-13(4-6-18(15)34-22(19)20)24(31)29(33-11-12-2-3-12)21-16(25)9-28-10-17(21)26/h4-10,12H,2-3,11H2,1H3,(H2,27,30). The predicted molar refractivity (Wildman–Crippen MR) is 129 cm³/mol. The molecule has 0 spiro atoms. The van der Waals surface area contributed by atoms with Crippen LogP contribution in [0.5, 0.6) is 5.75 Å². The topological polar surface area (TPSA) is 108 Å². The lowest BCUT2D eigenvalue weighted by molar-refractivity contribution is 0.0620. The number of nitrogens with zero attached hydrogens (tertiary/aromatic N) is 2. The Morgan fingerprint density at radius 3 is 2.56 bits per heavy atom. The van der Waals surface area contributed by atoms with Gasteiger partial charge in [-0.2, -0.15) is 5.06 Å². The van der Waals surface area contributed by atoms with Crippen molar-refractivity contribution in [1.29, 1.82) is 0 Å². The number of hydroxylamine groups is 1. The smallest absolute Gasteiger partial charge is 0.282 e. The summed E-state index contributed by atoms with van der Waals surface area (Å²) < 4.78 is 11.3. The number of hydrogen-bond donors (Lipinski definition) is 1. The Labute approximate surface area is 204 Å². The number of nitrogens with two attached hydrogens (primary N) is 1. The first-order valence-electron chi connectivity index (χ1n) is 10.5. The number of carbonyl (C=O) groups is 2. The molecule has 34 heavy (non-hydrogen) atoms. The van der Waals surface area contributed by atoms with E-state index in [4.69, 9.17) is 42.9 Å². The Kier molecular flexibility index (Phi) is 5.81. The fraction of sp³-hybridized carbons (Fsp3) is 0.208. The zero-order valence-electron chi connectivity index (χ0n) is 18.0. The molecule has 1 saturated carbocycles. The maximum atomic E-state index is 13.6. The maximum Gasteiger partial charge on any atom is 0.282 e. The molecule has 2 heterocycles. The molecule has 8 nitrogen and oxygen atoms in total. The van der Waals surface area contributed by atoms with E-state index in [-0.39, 0.29) is 26.9 Å². The number of hydrogen-bond acceptors (Lipinski definition) is 6. The fourth-order valence-corrected chi connectivity index (χ4v) is 4.28. The minimum absolute atomic E-state index is 0.173. The number of amides is 2. The molecule has 0 aliphatic heterocycles. The van der Waals surface area contributed by atoms with Gasteiger partial charge in [0.25, 0.3) is 5.91 Å². The normalized spacial score (nSPS) is 13.4. The highest BCUT2D eigenvalue weighted by Crippen LogP contribution is 2.39. The molecule has 1 fully saturated rings. The molecule has 0 saturated heterocycles. The van der Waals surface area contributed by atoms with Crippen molar-refractivity contribution in [1.82, 2.24) is 4.98 Å². The molecule has 4 aromatic rings. The van der Waals surface area contributed by atoms with Gasteiger partial charge in [-0.3, -0.25) is 19.4 Å². The van der Waals surface area contributed by atoms with Gasteiger partial charge in [-0.05, 0) is 49.1 Å². The number of ether oxygens (including phenoxy) is 1. The second kappa shape index (κ2) is 8.79. The third-order valence-electron chi connectivity index (χ3n) is 5.67. The number of halogens is 2. The molecule has 10 heteroatoms. The SMILES string of the molecule is COc1ccc(C(N)=O)c2c1oc1ccc(C(=O)N(OCC3CC3)c3c(Cl)cncc3Cl)cc12. The summed E-state index contributed by atoms with van der Waals surface area (Å²) in [5.74, 6) is -0.304. The molecule has 0 radical (unpaired) electrons. The van der Waals surface area contributed by atoms with Gasteiger partial charge in [-0.15, -0.1) is 0 Å². The Morgan fingerprint density at radius 2 is 1.91 bits per heavy atom. The van der Waals surface area contributed by atoms with E-state index >= 15 is 0 Å². The van der Waals surface area contributed by atoms with Gasteiger partial charge in [-0.1, -0.05) is 23.2 Å². The summed E-state index contributed by atoms with van der Waals surface area (Å²) >= 11 is 12.7. The number of fused-ring (bicyclic) bond motifs is 3. The summed E-state index contributed by atoms with van der Waals surface area (Å²) in [6.07, 6.45) is 4.85. The first kappa shape index (κ1) is 22.5. The zero-order chi connectivity index (χ0) is 24.0. The summed E-state index contributed by atoms with van der Waals surface area (Å²) in [4.78, 5) is 35.6. The molecular weight excluding hydrogens is 481 g/mol. The lowest BCUT2D eigenvalue weighted by atomic mass is 10.0. The molecule has 2 N–H and O–H groups in total. The summed E-state index contributed by atoms with van der Waals surface area (Å²) in [5.41, 5.74) is 7.15. The third kappa shape index (κ3) is 3.94. The van der Waals surface area contributed by atoms with Gasteiger partial charge >= 0.3 is 0 Å². The van der Waals surface area contributed by atoms with Gasteiger partial charge in [0.05, 0.1) is 29.3 Å². The van der Waals surface area contributed by atoms with Crippen molar-refractivity contribution in [3.8, 4) is 5.75 Å². The summed E-state index contributed by atoms with van der Waals surface area (Å²) in [6, 6.07) is 8.03. The average Bonchev–Trinajstić information content (AvgIpc) is 3.57. The molecule has 0 bridgehead atoms. The Balaban J connectivity index is 1.65. The molecular formula is C24H19Cl2N3O5. The van der Waals surface area contributed by atoms with Crippen LogP contribution in [0.4, 0.5) is 5.69 Å². The second-order valence-corrected chi connectivity index (χ2v) is 8.80. The Bertz CT molecular complexity index is 1430. The van der Waals surface area contributed by atoms with Gasteiger partial charge in [-0.25, -0.2) is 0 Å². The van der Waals surface area contributed by atoms with Gasteiger partial charge < -0.3 is 14.9 Å². The largest absolute Gasteiger partial charge is 0.493 e. The number of furan rings is 1. The van der Waals surface area contributed by atoms with Crippen LogP contribution in [-0.2, 0) is 4.84 Å². The van der Waals surface area contributed by atoms with Crippen LogP contribution in [0.25, 0.3) is 21.9 Å². The van der Waals surface area contributed by atoms with E-state index in [9.17, 15) is 9.59 Å². The molecule has 2 aromatic carbocycles. The van der Waals surface area contributed by atoms with E-state index in [1.807, 2.05) is 0 Å². The first-order chi connectivity index (χ1) is 16.4. The van der Waals surface area contributed by atoms with E-state index < -0.39 is 11.8 Å². The number of carbonyl (C=O) groups excluding carboxylic acids is 2. The Hall–Kier alpha value is -3.33. The van der Waals surface area contributed by atoms with Crippen LogP contribution >= 0.6 is 23.2 Å². The summed E-state index contributed by atoms with van der Waals surface area (Å²) in [7, 11) is 1.50. The summed E-state index contributed by atoms with van der Waals surface area (Å²) in [6.45, 7) is 0.348. The van der Waals surface area contributed by atoms with Crippen LogP contribution < -0.4 is 15.5 Å². The highest BCUT2D eigenvalue weighted by atomic mass is 35.5. The highest BCUT2D eigenvalue weighted by molar-refractivity contribution is 6.39. The molecule has 5 rings (SSSR count). The van der Waals surface area contributed by atoms with Crippen LogP contribution in [0, 0.1) is 5.92 Å². The van der Waals surface area contributed by atoms with Crippen molar-refractivity contribution >= 4 is 62.6 Å². The second-order valence-electron chi connectivity index (χ2n) is 7.99. The fourth-order valence-electron chi connectivity index (χ4n) is 3.76. The van der Waals surface area contributed by atoms with Crippen molar-refractivity contribution in [2.45, 2.75) is 12.8 Å². The van der Waals surface area contributed by atoms with Gasteiger partial charge in [0.15, 0.2) is 11.3 Å². The summed E-state index contributed by atoms with van der Waals surface area (Å²) in [5, 5.41) is 2.44. The van der Waals surface area contributed by atoms with Crippen molar-refractivity contribution in [2.24, 2.45) is 11.7 Å². The van der Waals surface area contributed by atoms with Crippen LogP contribution in [0.3, 0.4) is 0 Å². The van der Waals surface area contributed by atoms with Gasteiger partial charge in [0.1, 0.15) is 11.3 Å². The zero-order valence-corrected chi connectivity index (χ0v) is 19.5.